The van der Waals surface area contributed by atoms with Crippen LogP contribution in [0.2, 0.25) is 0 Å². The minimum absolute atomic E-state index is 0.121. The van der Waals surface area contributed by atoms with Crippen molar-refractivity contribution in [3.63, 3.8) is 0 Å². The molecule has 0 spiro atoms. The predicted octanol–water partition coefficient (Wildman–Crippen LogP) is 3.68. The number of carbonyl (C=O) groups is 2. The van der Waals surface area contributed by atoms with Gasteiger partial charge in [0.15, 0.2) is 0 Å². The van der Waals surface area contributed by atoms with Crippen molar-refractivity contribution in [3.8, 4) is 17.4 Å². The SMILES string of the molecule is CC1=C(C#N)C(=O)N(CC(C)O)C(=O)/C1=C\c1ccc(-c2ccccc2Br)o1. The lowest BCUT2D eigenvalue weighted by Gasteiger charge is -2.28. The van der Waals surface area contributed by atoms with Crippen molar-refractivity contribution in [2.45, 2.75) is 20.0 Å². The number of aliphatic hydroxyl groups excluding tert-OH is 1. The lowest BCUT2D eigenvalue weighted by atomic mass is 9.94. The molecular weight excluding hydrogens is 424 g/mol. The molecule has 6 nitrogen and oxygen atoms in total. The third kappa shape index (κ3) is 3.70. The van der Waals surface area contributed by atoms with E-state index in [2.05, 4.69) is 15.9 Å². The molecule has 7 heteroatoms. The summed E-state index contributed by atoms with van der Waals surface area (Å²) < 4.78 is 6.71. The zero-order chi connectivity index (χ0) is 20.4. The van der Waals surface area contributed by atoms with Crippen LogP contribution in [0.3, 0.4) is 0 Å². The lowest BCUT2D eigenvalue weighted by Crippen LogP contribution is -2.45. The maximum atomic E-state index is 12.8. The molecule has 0 saturated heterocycles. The molecule has 1 N–H and O–H groups in total. The minimum atomic E-state index is -0.904. The summed E-state index contributed by atoms with van der Waals surface area (Å²) in [6.45, 7) is 2.84. The van der Waals surface area contributed by atoms with Crippen LogP contribution in [0.4, 0.5) is 0 Å². The summed E-state index contributed by atoms with van der Waals surface area (Å²) in [6, 6.07) is 12.9. The van der Waals surface area contributed by atoms with Crippen LogP contribution >= 0.6 is 15.9 Å². The number of furan rings is 1. The van der Waals surface area contributed by atoms with E-state index in [9.17, 15) is 20.0 Å². The van der Waals surface area contributed by atoms with Gasteiger partial charge < -0.3 is 9.52 Å². The van der Waals surface area contributed by atoms with Crippen LogP contribution in [-0.4, -0.2) is 34.5 Å². The van der Waals surface area contributed by atoms with Crippen molar-refractivity contribution in [2.24, 2.45) is 0 Å². The molecule has 1 unspecified atom stereocenters. The molecule has 3 rings (SSSR count). The standard InChI is InChI=1S/C21H17BrN2O4/c1-12(25)11-24-20(26)16(13(2)17(10-23)21(24)27)9-14-7-8-19(28-14)15-5-3-4-6-18(15)22/h3-9,12,25H,11H2,1-2H3/b16-9-. The molecule has 0 bridgehead atoms. The molecule has 0 saturated carbocycles. The molecule has 1 aromatic carbocycles. The molecule has 1 aliphatic heterocycles. The van der Waals surface area contributed by atoms with Crippen LogP contribution in [0, 0.1) is 11.3 Å². The number of amides is 2. The van der Waals surface area contributed by atoms with E-state index >= 15 is 0 Å². The van der Waals surface area contributed by atoms with Gasteiger partial charge in [-0.25, -0.2) is 0 Å². The summed E-state index contributed by atoms with van der Waals surface area (Å²) in [5, 5.41) is 19.0. The summed E-state index contributed by atoms with van der Waals surface area (Å²) in [6.07, 6.45) is 0.606. The number of imide groups is 1. The van der Waals surface area contributed by atoms with Crippen LogP contribution in [0.25, 0.3) is 17.4 Å². The molecule has 28 heavy (non-hydrogen) atoms. The van der Waals surface area contributed by atoms with Gasteiger partial charge >= 0.3 is 0 Å². The van der Waals surface area contributed by atoms with Crippen molar-refractivity contribution < 1.29 is 19.1 Å². The third-order valence-electron chi connectivity index (χ3n) is 4.32. The highest BCUT2D eigenvalue weighted by Crippen LogP contribution is 2.32. The van der Waals surface area contributed by atoms with Gasteiger partial charge in [-0.1, -0.05) is 34.1 Å². The Labute approximate surface area is 170 Å². The number of hydrogen-bond acceptors (Lipinski definition) is 5. The second-order valence-corrected chi connectivity index (χ2v) is 7.28. The van der Waals surface area contributed by atoms with E-state index in [1.807, 2.05) is 30.3 Å². The van der Waals surface area contributed by atoms with Crippen LogP contribution in [0.5, 0.6) is 0 Å². The van der Waals surface area contributed by atoms with Gasteiger partial charge in [0, 0.05) is 15.6 Å². The summed E-state index contributed by atoms with van der Waals surface area (Å²) in [5.41, 5.74) is 1.21. The number of hydrogen-bond donors (Lipinski definition) is 1. The summed E-state index contributed by atoms with van der Waals surface area (Å²) in [4.78, 5) is 26.1. The van der Waals surface area contributed by atoms with E-state index in [1.54, 1.807) is 19.1 Å². The van der Waals surface area contributed by atoms with Gasteiger partial charge in [-0.05, 0) is 43.7 Å². The number of nitriles is 1. The molecule has 1 aromatic heterocycles. The van der Waals surface area contributed by atoms with E-state index in [-0.39, 0.29) is 23.3 Å². The first-order valence-electron chi connectivity index (χ1n) is 8.55. The molecular formula is C21H17BrN2O4. The minimum Gasteiger partial charge on any atom is -0.457 e. The van der Waals surface area contributed by atoms with E-state index in [0.717, 1.165) is 14.9 Å². The van der Waals surface area contributed by atoms with Gasteiger partial charge in [-0.15, -0.1) is 0 Å². The van der Waals surface area contributed by atoms with Gasteiger partial charge in [0.1, 0.15) is 23.2 Å². The average molecular weight is 441 g/mol. The molecule has 1 aliphatic rings. The molecule has 2 aromatic rings. The van der Waals surface area contributed by atoms with E-state index in [0.29, 0.717) is 11.5 Å². The normalized spacial score (nSPS) is 17.2. The summed E-state index contributed by atoms with van der Waals surface area (Å²) >= 11 is 3.47. The second kappa shape index (κ2) is 7.97. The number of nitrogens with zero attached hydrogens (tertiary/aromatic N) is 2. The summed E-state index contributed by atoms with van der Waals surface area (Å²) in [5.74, 6) is -0.239. The van der Waals surface area contributed by atoms with Gasteiger partial charge in [-0.3, -0.25) is 14.5 Å². The molecule has 2 heterocycles. The maximum Gasteiger partial charge on any atom is 0.271 e. The molecule has 142 valence electrons. The highest BCUT2D eigenvalue weighted by molar-refractivity contribution is 9.10. The van der Waals surface area contributed by atoms with Gasteiger partial charge in [0.2, 0.25) is 0 Å². The van der Waals surface area contributed by atoms with E-state index in [1.165, 1.54) is 13.0 Å². The topological polar surface area (TPSA) is 94.5 Å². The average Bonchev–Trinajstić information content (AvgIpc) is 3.11. The van der Waals surface area contributed by atoms with Crippen LogP contribution in [-0.2, 0) is 9.59 Å². The quantitative estimate of drug-likeness (QED) is 0.577. The van der Waals surface area contributed by atoms with E-state index in [4.69, 9.17) is 4.42 Å². The Kier molecular flexibility index (Phi) is 5.63. The van der Waals surface area contributed by atoms with Crippen molar-refractivity contribution in [3.05, 3.63) is 63.4 Å². The Morgan fingerprint density at radius 1 is 1.25 bits per heavy atom. The fourth-order valence-electron chi connectivity index (χ4n) is 2.94. The Morgan fingerprint density at radius 2 is 1.96 bits per heavy atom. The first kappa shape index (κ1) is 19.8. The highest BCUT2D eigenvalue weighted by atomic mass is 79.9. The van der Waals surface area contributed by atoms with Gasteiger partial charge in [0.25, 0.3) is 11.8 Å². The molecule has 0 radical (unpaired) electrons. The number of β-amino-alcohol motifs (C(OH)–C–C–N with tert-alkyl or cyclic N) is 1. The van der Waals surface area contributed by atoms with Crippen molar-refractivity contribution >= 4 is 33.8 Å². The number of benzene rings is 1. The molecule has 1 atom stereocenters. The van der Waals surface area contributed by atoms with Crippen LogP contribution < -0.4 is 0 Å². The zero-order valence-corrected chi connectivity index (χ0v) is 16.9. The number of rotatable bonds is 4. The monoisotopic (exact) mass is 440 g/mol. The Bertz CT molecular complexity index is 1060. The van der Waals surface area contributed by atoms with Crippen LogP contribution in [0.1, 0.15) is 19.6 Å². The summed E-state index contributed by atoms with van der Waals surface area (Å²) in [7, 11) is 0. The van der Waals surface area contributed by atoms with Crippen molar-refractivity contribution in [1.82, 2.24) is 4.90 Å². The lowest BCUT2D eigenvalue weighted by molar-refractivity contribution is -0.141. The fourth-order valence-corrected chi connectivity index (χ4v) is 3.42. The second-order valence-electron chi connectivity index (χ2n) is 6.42. The smallest absolute Gasteiger partial charge is 0.271 e. The zero-order valence-electron chi connectivity index (χ0n) is 15.3. The van der Waals surface area contributed by atoms with Crippen molar-refractivity contribution in [1.29, 1.82) is 5.26 Å². The largest absolute Gasteiger partial charge is 0.457 e. The molecule has 2 amide bonds. The van der Waals surface area contributed by atoms with Crippen molar-refractivity contribution in [2.75, 3.05) is 6.54 Å². The first-order valence-corrected chi connectivity index (χ1v) is 9.34. The fraction of sp³-hybridized carbons (Fsp3) is 0.190. The van der Waals surface area contributed by atoms with E-state index < -0.39 is 17.9 Å². The maximum absolute atomic E-state index is 12.8. The Morgan fingerprint density at radius 3 is 2.61 bits per heavy atom. The van der Waals surface area contributed by atoms with Gasteiger partial charge in [-0.2, -0.15) is 5.26 Å². The first-order chi connectivity index (χ1) is 13.3. The van der Waals surface area contributed by atoms with Crippen LogP contribution in [0.15, 0.2) is 62.0 Å². The molecule has 0 aliphatic carbocycles. The van der Waals surface area contributed by atoms with Gasteiger partial charge in [0.05, 0.1) is 12.6 Å². The third-order valence-corrected chi connectivity index (χ3v) is 5.02. The number of halogens is 1. The Balaban J connectivity index is 2.04. The predicted molar refractivity (Wildman–Crippen MR) is 107 cm³/mol. The molecule has 0 fully saturated rings. The number of aliphatic hydroxyl groups is 1. The number of carbonyl (C=O) groups excluding carboxylic acids is 2. The highest BCUT2D eigenvalue weighted by Gasteiger charge is 2.36. The Hall–Kier alpha value is -2.95.